The molecule has 0 heterocycles. The summed E-state index contributed by atoms with van der Waals surface area (Å²) < 4.78 is 11.7. The molecule has 114 valence electrons. The molecule has 4 heteroatoms. The van der Waals surface area contributed by atoms with Crippen molar-refractivity contribution >= 4 is 27.6 Å². The third-order valence-corrected chi connectivity index (χ3v) is 3.63. The Morgan fingerprint density at radius 1 is 1.26 bits per heavy atom. The average molecular weight is 368 g/mol. The molecule has 0 aliphatic carbocycles. The molecule has 2 aromatic rings. The normalized spacial score (nSPS) is 10.5. The highest BCUT2D eigenvalue weighted by Crippen LogP contribution is 2.29. The van der Waals surface area contributed by atoms with Crippen molar-refractivity contribution in [1.29, 1.82) is 5.26 Å². The molecule has 3 nitrogen and oxygen atoms in total. The Balaban J connectivity index is 2.47. The van der Waals surface area contributed by atoms with E-state index in [1.54, 1.807) is 25.3 Å². The van der Waals surface area contributed by atoms with Crippen molar-refractivity contribution in [2.75, 3.05) is 13.7 Å². The van der Waals surface area contributed by atoms with Gasteiger partial charge >= 0.3 is 0 Å². The summed E-state index contributed by atoms with van der Waals surface area (Å²) in [5.74, 6) is 3.72. The van der Waals surface area contributed by atoms with Gasteiger partial charge in [-0.05, 0) is 42.0 Å². The molecule has 0 bridgehead atoms. The lowest BCUT2D eigenvalue weighted by atomic mass is 10.0. The lowest BCUT2D eigenvalue weighted by Gasteiger charge is -2.09. The predicted octanol–water partition coefficient (Wildman–Crippen LogP) is 4.53. The topological polar surface area (TPSA) is 42.2 Å². The van der Waals surface area contributed by atoms with E-state index in [0.29, 0.717) is 17.1 Å². The predicted molar refractivity (Wildman–Crippen MR) is 94.9 cm³/mol. The molecule has 0 aliphatic heterocycles. The summed E-state index contributed by atoms with van der Waals surface area (Å²) in [6.45, 7) is 0.160. The molecule has 2 rings (SSSR count). The van der Waals surface area contributed by atoms with Gasteiger partial charge in [-0.3, -0.25) is 0 Å². The lowest BCUT2D eigenvalue weighted by molar-refractivity contribution is 0.367. The standard InChI is InChI=1S/C19H14BrNO2/c1-3-10-23-19-9-8-18(22-2)12-15(19)11-16(13-21)14-4-6-17(20)7-5-14/h1,4-9,11-12H,10H2,2H3/b16-11-. The highest BCUT2D eigenvalue weighted by molar-refractivity contribution is 9.10. The maximum atomic E-state index is 9.47. The first-order valence-corrected chi connectivity index (χ1v) is 7.59. The molecule has 0 amide bonds. The molecule has 0 spiro atoms. The second-order valence-corrected chi connectivity index (χ2v) is 5.49. The third-order valence-electron chi connectivity index (χ3n) is 3.10. The Hall–Kier alpha value is -2.69. The van der Waals surface area contributed by atoms with E-state index >= 15 is 0 Å². The second kappa shape index (κ2) is 8.08. The molecule has 0 unspecified atom stereocenters. The fraction of sp³-hybridized carbons (Fsp3) is 0.105. The number of nitriles is 1. The van der Waals surface area contributed by atoms with E-state index in [1.807, 2.05) is 30.3 Å². The van der Waals surface area contributed by atoms with Crippen LogP contribution in [0.4, 0.5) is 0 Å². The summed E-state index contributed by atoms with van der Waals surface area (Å²) in [4.78, 5) is 0. The molecule has 2 aromatic carbocycles. The summed E-state index contributed by atoms with van der Waals surface area (Å²) in [7, 11) is 1.59. The van der Waals surface area contributed by atoms with Crippen LogP contribution in [0, 0.1) is 23.7 Å². The number of ether oxygens (including phenoxy) is 2. The van der Waals surface area contributed by atoms with Crippen LogP contribution in [0.15, 0.2) is 46.9 Å². The SMILES string of the molecule is C#CCOc1ccc(OC)cc1/C=C(/C#N)c1ccc(Br)cc1. The molecular formula is C19H14BrNO2. The Morgan fingerprint density at radius 2 is 2.00 bits per heavy atom. The highest BCUT2D eigenvalue weighted by Gasteiger charge is 2.07. The van der Waals surface area contributed by atoms with E-state index in [9.17, 15) is 5.26 Å². The van der Waals surface area contributed by atoms with Gasteiger partial charge in [0.15, 0.2) is 0 Å². The van der Waals surface area contributed by atoms with Gasteiger partial charge in [0.2, 0.25) is 0 Å². The van der Waals surface area contributed by atoms with E-state index in [1.165, 1.54) is 0 Å². The molecule has 0 saturated heterocycles. The summed E-state index contributed by atoms with van der Waals surface area (Å²) in [5.41, 5.74) is 2.08. The van der Waals surface area contributed by atoms with Gasteiger partial charge in [-0.15, -0.1) is 6.42 Å². The van der Waals surface area contributed by atoms with Crippen LogP contribution < -0.4 is 9.47 Å². The van der Waals surface area contributed by atoms with Gasteiger partial charge in [-0.25, -0.2) is 0 Å². The van der Waals surface area contributed by atoms with Gasteiger partial charge in [0, 0.05) is 10.0 Å². The lowest BCUT2D eigenvalue weighted by Crippen LogP contribution is -1.96. The van der Waals surface area contributed by atoms with Crippen molar-refractivity contribution < 1.29 is 9.47 Å². The van der Waals surface area contributed by atoms with Gasteiger partial charge in [0.1, 0.15) is 18.1 Å². The number of nitrogens with zero attached hydrogens (tertiary/aromatic N) is 1. The zero-order valence-corrected chi connectivity index (χ0v) is 14.1. The molecule has 0 fully saturated rings. The minimum absolute atomic E-state index is 0.160. The number of methoxy groups -OCH3 is 1. The minimum Gasteiger partial charge on any atom is -0.497 e. The van der Waals surface area contributed by atoms with Gasteiger partial charge in [-0.2, -0.15) is 5.26 Å². The van der Waals surface area contributed by atoms with Crippen LogP contribution in [0.25, 0.3) is 11.6 Å². The summed E-state index contributed by atoms with van der Waals surface area (Å²) in [6.07, 6.45) is 7.00. The smallest absolute Gasteiger partial charge is 0.148 e. The fourth-order valence-electron chi connectivity index (χ4n) is 1.98. The molecule has 0 radical (unpaired) electrons. The Bertz CT molecular complexity index is 796. The quantitative estimate of drug-likeness (QED) is 0.442. The van der Waals surface area contributed by atoms with Gasteiger partial charge in [0.05, 0.1) is 18.8 Å². The minimum atomic E-state index is 0.160. The van der Waals surface area contributed by atoms with Crippen molar-refractivity contribution in [3.05, 3.63) is 58.1 Å². The first-order chi connectivity index (χ1) is 11.2. The number of hydrogen-bond donors (Lipinski definition) is 0. The Morgan fingerprint density at radius 3 is 2.61 bits per heavy atom. The third kappa shape index (κ3) is 4.39. The number of benzene rings is 2. The molecule has 0 aliphatic rings. The number of rotatable bonds is 5. The number of halogens is 1. The van der Waals surface area contributed by atoms with Crippen LogP contribution in [-0.4, -0.2) is 13.7 Å². The van der Waals surface area contributed by atoms with Gasteiger partial charge in [-0.1, -0.05) is 34.0 Å². The van der Waals surface area contributed by atoms with Crippen LogP contribution in [0.1, 0.15) is 11.1 Å². The summed E-state index contributed by atoms with van der Waals surface area (Å²) in [5, 5.41) is 9.47. The van der Waals surface area contributed by atoms with Crippen molar-refractivity contribution in [3.8, 4) is 29.9 Å². The number of hydrogen-bond acceptors (Lipinski definition) is 3. The zero-order chi connectivity index (χ0) is 16.7. The van der Waals surface area contributed by atoms with E-state index in [-0.39, 0.29) is 6.61 Å². The summed E-state index contributed by atoms with van der Waals surface area (Å²) in [6, 6.07) is 15.1. The Labute approximate surface area is 144 Å². The largest absolute Gasteiger partial charge is 0.497 e. The van der Waals surface area contributed by atoms with E-state index in [2.05, 4.69) is 27.9 Å². The molecule has 0 N–H and O–H groups in total. The second-order valence-electron chi connectivity index (χ2n) is 4.57. The van der Waals surface area contributed by atoms with Crippen molar-refractivity contribution in [1.82, 2.24) is 0 Å². The maximum Gasteiger partial charge on any atom is 0.148 e. The van der Waals surface area contributed by atoms with Gasteiger partial charge in [0.25, 0.3) is 0 Å². The van der Waals surface area contributed by atoms with E-state index in [0.717, 1.165) is 15.6 Å². The Kier molecular flexibility index (Phi) is 5.86. The molecule has 0 aromatic heterocycles. The van der Waals surface area contributed by atoms with Crippen LogP contribution in [-0.2, 0) is 0 Å². The number of terminal acetylenes is 1. The molecule has 23 heavy (non-hydrogen) atoms. The van der Waals surface area contributed by atoms with Crippen LogP contribution >= 0.6 is 15.9 Å². The first-order valence-electron chi connectivity index (χ1n) is 6.80. The first kappa shape index (κ1) is 16.7. The van der Waals surface area contributed by atoms with Crippen molar-refractivity contribution in [3.63, 3.8) is 0 Å². The van der Waals surface area contributed by atoms with Crippen LogP contribution in [0.5, 0.6) is 11.5 Å². The van der Waals surface area contributed by atoms with Crippen molar-refractivity contribution in [2.45, 2.75) is 0 Å². The van der Waals surface area contributed by atoms with Crippen LogP contribution in [0.2, 0.25) is 0 Å². The van der Waals surface area contributed by atoms with Gasteiger partial charge < -0.3 is 9.47 Å². The molecule has 0 atom stereocenters. The number of allylic oxidation sites excluding steroid dienone is 1. The van der Waals surface area contributed by atoms with Crippen molar-refractivity contribution in [2.24, 2.45) is 0 Å². The fourth-order valence-corrected chi connectivity index (χ4v) is 2.25. The average Bonchev–Trinajstić information content (AvgIpc) is 2.59. The van der Waals surface area contributed by atoms with E-state index < -0.39 is 0 Å². The monoisotopic (exact) mass is 367 g/mol. The highest BCUT2D eigenvalue weighted by atomic mass is 79.9. The summed E-state index contributed by atoms with van der Waals surface area (Å²) >= 11 is 3.38. The maximum absolute atomic E-state index is 9.47. The zero-order valence-electron chi connectivity index (χ0n) is 12.5. The molecular weight excluding hydrogens is 354 g/mol. The van der Waals surface area contributed by atoms with E-state index in [4.69, 9.17) is 15.9 Å². The van der Waals surface area contributed by atoms with Crippen LogP contribution in [0.3, 0.4) is 0 Å². The molecule has 0 saturated carbocycles.